The molecule has 1 aromatic heterocycles. The first kappa shape index (κ1) is 9.73. The fraction of sp³-hybridized carbons (Fsp3) is 0.250. The molecule has 1 aromatic rings. The predicted octanol–water partition coefficient (Wildman–Crippen LogP) is 0.919. The largest absolute Gasteiger partial charge is 0.466 e. The van der Waals surface area contributed by atoms with Gasteiger partial charge in [-0.25, -0.2) is 4.79 Å². The summed E-state index contributed by atoms with van der Waals surface area (Å²) in [5, 5.41) is 2.94. The van der Waals surface area contributed by atoms with E-state index in [2.05, 4.69) is 15.0 Å². The van der Waals surface area contributed by atoms with Crippen molar-refractivity contribution in [2.75, 3.05) is 7.11 Å². The van der Waals surface area contributed by atoms with Gasteiger partial charge in [0.25, 0.3) is 0 Å². The monoisotopic (exact) mass is 198 g/mol. The van der Waals surface area contributed by atoms with Crippen LogP contribution in [0.3, 0.4) is 0 Å². The van der Waals surface area contributed by atoms with Crippen molar-refractivity contribution < 1.29 is 9.53 Å². The second-order valence-electron chi connectivity index (χ2n) is 2.21. The van der Waals surface area contributed by atoms with Gasteiger partial charge in [-0.05, 0) is 0 Å². The Bertz CT molecular complexity index is 282. The average Bonchev–Trinajstić information content (AvgIpc) is 2.64. The van der Waals surface area contributed by atoms with Gasteiger partial charge in [0.05, 0.1) is 19.2 Å². The van der Waals surface area contributed by atoms with Crippen LogP contribution in [0.5, 0.6) is 0 Å². The normalized spacial score (nSPS) is 10.2. The number of carbonyl (C=O) groups excluding carboxylic acids is 1. The summed E-state index contributed by atoms with van der Waals surface area (Å²) in [6, 6.07) is 0. The first-order valence-corrected chi connectivity index (χ1v) is 4.56. The zero-order valence-corrected chi connectivity index (χ0v) is 8.00. The average molecular weight is 198 g/mol. The van der Waals surface area contributed by atoms with Gasteiger partial charge >= 0.3 is 5.97 Å². The van der Waals surface area contributed by atoms with Crippen molar-refractivity contribution in [1.82, 2.24) is 10.3 Å². The van der Waals surface area contributed by atoms with Crippen molar-refractivity contribution in [2.24, 2.45) is 0 Å². The number of aromatic nitrogens is 1. The molecule has 0 amide bonds. The second kappa shape index (κ2) is 5.31. The Labute approximate surface area is 80.3 Å². The van der Waals surface area contributed by atoms with Crippen LogP contribution in [0.2, 0.25) is 0 Å². The molecule has 1 N–H and O–H groups in total. The zero-order chi connectivity index (χ0) is 9.52. The Hall–Kier alpha value is -1.36. The van der Waals surface area contributed by atoms with Gasteiger partial charge in [-0.15, -0.1) is 11.3 Å². The number of hydrogen-bond acceptors (Lipinski definition) is 5. The summed E-state index contributed by atoms with van der Waals surface area (Å²) in [5.41, 5.74) is 1.76. The van der Waals surface area contributed by atoms with Crippen LogP contribution in [0.15, 0.2) is 24.0 Å². The SMILES string of the molecule is COC(=O)/C=C/NCc1cncs1. The van der Waals surface area contributed by atoms with E-state index >= 15 is 0 Å². The maximum Gasteiger partial charge on any atom is 0.331 e. The van der Waals surface area contributed by atoms with Crippen molar-refractivity contribution in [3.63, 3.8) is 0 Å². The Balaban J connectivity index is 2.21. The van der Waals surface area contributed by atoms with Crippen LogP contribution in [0.1, 0.15) is 4.88 Å². The fourth-order valence-electron chi connectivity index (χ4n) is 0.684. The Morgan fingerprint density at radius 1 is 1.85 bits per heavy atom. The highest BCUT2D eigenvalue weighted by Crippen LogP contribution is 2.03. The van der Waals surface area contributed by atoms with Crippen molar-refractivity contribution >= 4 is 17.3 Å². The summed E-state index contributed by atoms with van der Waals surface area (Å²) < 4.78 is 4.41. The van der Waals surface area contributed by atoms with E-state index in [0.717, 1.165) is 4.88 Å². The number of esters is 1. The van der Waals surface area contributed by atoms with E-state index < -0.39 is 0 Å². The predicted molar refractivity (Wildman–Crippen MR) is 50.1 cm³/mol. The third-order valence-electron chi connectivity index (χ3n) is 1.30. The molecule has 0 radical (unpaired) electrons. The third-order valence-corrected chi connectivity index (χ3v) is 2.08. The molecule has 1 rings (SSSR count). The summed E-state index contributed by atoms with van der Waals surface area (Å²) >= 11 is 1.56. The molecule has 0 aliphatic rings. The van der Waals surface area contributed by atoms with E-state index in [0.29, 0.717) is 6.54 Å². The Morgan fingerprint density at radius 2 is 2.69 bits per heavy atom. The van der Waals surface area contributed by atoms with Crippen LogP contribution in [-0.4, -0.2) is 18.1 Å². The summed E-state index contributed by atoms with van der Waals surface area (Å²) in [6.45, 7) is 0.679. The highest BCUT2D eigenvalue weighted by Gasteiger charge is 1.91. The van der Waals surface area contributed by atoms with Crippen molar-refractivity contribution in [1.29, 1.82) is 0 Å². The fourth-order valence-corrected chi connectivity index (χ4v) is 1.23. The molecule has 4 nitrogen and oxygen atoms in total. The standard InChI is InChI=1S/C8H10N2O2S/c1-12-8(11)2-3-9-4-7-5-10-6-13-7/h2-3,5-6,9H,4H2,1H3/b3-2+. The minimum Gasteiger partial charge on any atom is -0.466 e. The summed E-state index contributed by atoms with van der Waals surface area (Å²) in [5.74, 6) is -0.364. The first-order valence-electron chi connectivity index (χ1n) is 3.68. The topological polar surface area (TPSA) is 51.2 Å². The van der Waals surface area contributed by atoms with Gasteiger partial charge in [0.1, 0.15) is 0 Å². The molecule has 0 unspecified atom stereocenters. The number of carbonyl (C=O) groups is 1. The molecule has 70 valence electrons. The number of methoxy groups -OCH3 is 1. The molecule has 13 heavy (non-hydrogen) atoms. The molecule has 0 aromatic carbocycles. The minimum atomic E-state index is -0.364. The maximum absolute atomic E-state index is 10.6. The summed E-state index contributed by atoms with van der Waals surface area (Å²) in [7, 11) is 1.34. The first-order chi connectivity index (χ1) is 6.33. The van der Waals surface area contributed by atoms with E-state index in [1.165, 1.54) is 13.2 Å². The molecule has 5 heteroatoms. The van der Waals surface area contributed by atoms with Gasteiger partial charge in [-0.1, -0.05) is 0 Å². The van der Waals surface area contributed by atoms with Crippen LogP contribution < -0.4 is 5.32 Å². The van der Waals surface area contributed by atoms with Gasteiger partial charge < -0.3 is 10.1 Å². The van der Waals surface area contributed by atoms with Crippen LogP contribution in [0.25, 0.3) is 0 Å². The highest BCUT2D eigenvalue weighted by molar-refractivity contribution is 7.09. The molecular formula is C8H10N2O2S. The second-order valence-corrected chi connectivity index (χ2v) is 3.18. The number of thiazole rings is 1. The molecular weight excluding hydrogens is 188 g/mol. The van der Waals surface area contributed by atoms with Crippen LogP contribution in [0, 0.1) is 0 Å². The van der Waals surface area contributed by atoms with Crippen LogP contribution >= 0.6 is 11.3 Å². The number of ether oxygens (including phenoxy) is 1. The number of rotatable bonds is 4. The van der Waals surface area contributed by atoms with Gasteiger partial charge in [0, 0.05) is 23.3 Å². The Morgan fingerprint density at radius 3 is 3.31 bits per heavy atom. The number of hydrogen-bond donors (Lipinski definition) is 1. The lowest BCUT2D eigenvalue weighted by atomic mass is 10.5. The molecule has 0 aliphatic carbocycles. The molecule has 0 atom stereocenters. The number of nitrogens with zero attached hydrogens (tertiary/aromatic N) is 1. The van der Waals surface area contributed by atoms with E-state index in [4.69, 9.17) is 0 Å². The van der Waals surface area contributed by atoms with E-state index in [-0.39, 0.29) is 5.97 Å². The van der Waals surface area contributed by atoms with E-state index in [1.807, 2.05) is 0 Å². The lowest BCUT2D eigenvalue weighted by molar-refractivity contribution is -0.134. The lowest BCUT2D eigenvalue weighted by Crippen LogP contribution is -2.04. The maximum atomic E-state index is 10.6. The van der Waals surface area contributed by atoms with Crippen molar-refractivity contribution in [3.05, 3.63) is 28.9 Å². The lowest BCUT2D eigenvalue weighted by Gasteiger charge is -1.95. The van der Waals surface area contributed by atoms with Crippen molar-refractivity contribution in [2.45, 2.75) is 6.54 Å². The highest BCUT2D eigenvalue weighted by atomic mass is 32.1. The van der Waals surface area contributed by atoms with Gasteiger partial charge in [-0.3, -0.25) is 4.98 Å². The summed E-state index contributed by atoms with van der Waals surface area (Å²) in [4.78, 5) is 15.6. The molecule has 1 heterocycles. The van der Waals surface area contributed by atoms with Gasteiger partial charge in [0.15, 0.2) is 0 Å². The molecule has 0 spiro atoms. The van der Waals surface area contributed by atoms with E-state index in [1.54, 1.807) is 29.2 Å². The molecule has 0 saturated heterocycles. The van der Waals surface area contributed by atoms with Crippen molar-refractivity contribution in [3.8, 4) is 0 Å². The van der Waals surface area contributed by atoms with Crippen LogP contribution in [-0.2, 0) is 16.1 Å². The molecule has 0 fully saturated rings. The number of nitrogens with one attached hydrogen (secondary N) is 1. The molecule has 0 saturated carbocycles. The molecule has 0 bridgehead atoms. The van der Waals surface area contributed by atoms with Gasteiger partial charge in [0.2, 0.25) is 0 Å². The smallest absolute Gasteiger partial charge is 0.331 e. The molecule has 0 aliphatic heterocycles. The Kier molecular flexibility index (Phi) is 3.98. The zero-order valence-electron chi connectivity index (χ0n) is 7.19. The quantitative estimate of drug-likeness (QED) is 0.577. The third kappa shape index (κ3) is 3.71. The summed E-state index contributed by atoms with van der Waals surface area (Å²) in [6.07, 6.45) is 4.68. The van der Waals surface area contributed by atoms with Crippen LogP contribution in [0.4, 0.5) is 0 Å². The van der Waals surface area contributed by atoms with E-state index in [9.17, 15) is 4.79 Å². The van der Waals surface area contributed by atoms with Gasteiger partial charge in [-0.2, -0.15) is 0 Å². The minimum absolute atomic E-state index is 0.364.